The lowest BCUT2D eigenvalue weighted by Crippen LogP contribution is -2.58. The van der Waals surface area contributed by atoms with E-state index in [1.165, 1.54) is 0 Å². The normalized spacial score (nSPS) is 16.9. The predicted molar refractivity (Wildman–Crippen MR) is 58.7 cm³/mol. The Morgan fingerprint density at radius 3 is 2.73 bits per heavy atom. The van der Waals surface area contributed by atoms with E-state index < -0.39 is 0 Å². The number of nitrogens with zero attached hydrogens (tertiary/aromatic N) is 2. The van der Waals surface area contributed by atoms with Gasteiger partial charge in [0, 0.05) is 31.4 Å². The number of carbonyl (C=O) groups is 1. The first-order valence-corrected chi connectivity index (χ1v) is 5.31. The molecule has 82 valence electrons. The highest BCUT2D eigenvalue weighted by molar-refractivity contribution is 5.93. The van der Waals surface area contributed by atoms with Gasteiger partial charge in [-0.1, -0.05) is 0 Å². The van der Waals surface area contributed by atoms with Crippen molar-refractivity contribution in [2.75, 3.05) is 13.1 Å². The molecule has 1 aromatic heterocycles. The molecule has 1 aromatic rings. The summed E-state index contributed by atoms with van der Waals surface area (Å²) in [6.07, 6.45) is 1.94. The molecule has 2 rings (SSSR count). The van der Waals surface area contributed by atoms with E-state index in [-0.39, 0.29) is 11.9 Å². The maximum atomic E-state index is 12.0. The number of nitrogens with two attached hydrogens (primary N) is 1. The van der Waals surface area contributed by atoms with E-state index in [9.17, 15) is 4.79 Å². The van der Waals surface area contributed by atoms with Crippen LogP contribution < -0.4 is 5.73 Å². The fraction of sp³-hybridized carbons (Fsp3) is 0.545. The number of amides is 1. The highest BCUT2D eigenvalue weighted by Crippen LogP contribution is 2.16. The standard InChI is InChI=1S/C11H17N3O/c1-8(2)14-5-3-4-10(14)11(15)13-6-9(12)7-13/h3-5,8-9H,6-7,12H2,1-2H3. The second kappa shape index (κ2) is 3.70. The van der Waals surface area contributed by atoms with Crippen LogP contribution in [-0.4, -0.2) is 34.5 Å². The summed E-state index contributed by atoms with van der Waals surface area (Å²) in [6.45, 7) is 5.50. The first kappa shape index (κ1) is 10.2. The summed E-state index contributed by atoms with van der Waals surface area (Å²) in [5.74, 6) is 0.0930. The molecule has 1 aliphatic heterocycles. The molecule has 1 amide bonds. The molecule has 0 aromatic carbocycles. The molecule has 0 saturated carbocycles. The second-order valence-corrected chi connectivity index (χ2v) is 4.36. The maximum absolute atomic E-state index is 12.0. The average molecular weight is 207 g/mol. The van der Waals surface area contributed by atoms with Crippen molar-refractivity contribution in [3.05, 3.63) is 24.0 Å². The minimum absolute atomic E-state index is 0.0930. The van der Waals surface area contributed by atoms with Gasteiger partial charge in [-0.3, -0.25) is 4.79 Å². The Morgan fingerprint density at radius 2 is 2.20 bits per heavy atom. The van der Waals surface area contributed by atoms with Crippen LogP contribution in [0.3, 0.4) is 0 Å². The Morgan fingerprint density at radius 1 is 1.53 bits per heavy atom. The second-order valence-electron chi connectivity index (χ2n) is 4.36. The highest BCUT2D eigenvalue weighted by Gasteiger charge is 2.29. The van der Waals surface area contributed by atoms with Crippen LogP contribution in [0, 0.1) is 0 Å². The molecule has 15 heavy (non-hydrogen) atoms. The molecule has 0 atom stereocenters. The summed E-state index contributed by atoms with van der Waals surface area (Å²) < 4.78 is 1.99. The number of hydrogen-bond acceptors (Lipinski definition) is 2. The van der Waals surface area contributed by atoms with Crippen molar-refractivity contribution in [2.24, 2.45) is 5.73 Å². The lowest BCUT2D eigenvalue weighted by molar-refractivity contribution is 0.0595. The van der Waals surface area contributed by atoms with E-state index in [4.69, 9.17) is 5.73 Å². The van der Waals surface area contributed by atoms with E-state index in [0.717, 1.165) is 5.69 Å². The molecule has 4 nitrogen and oxygen atoms in total. The first-order chi connectivity index (χ1) is 7.09. The van der Waals surface area contributed by atoms with Crippen LogP contribution in [0.4, 0.5) is 0 Å². The zero-order chi connectivity index (χ0) is 11.0. The van der Waals surface area contributed by atoms with Crippen molar-refractivity contribution >= 4 is 5.91 Å². The van der Waals surface area contributed by atoms with Crippen molar-refractivity contribution in [2.45, 2.75) is 25.9 Å². The summed E-state index contributed by atoms with van der Waals surface area (Å²) in [7, 11) is 0. The van der Waals surface area contributed by atoms with Gasteiger partial charge in [0.05, 0.1) is 0 Å². The number of hydrogen-bond donors (Lipinski definition) is 1. The van der Waals surface area contributed by atoms with Gasteiger partial charge in [-0.25, -0.2) is 0 Å². The Kier molecular flexibility index (Phi) is 2.52. The molecule has 0 aliphatic carbocycles. The van der Waals surface area contributed by atoms with Crippen LogP contribution in [0.2, 0.25) is 0 Å². The van der Waals surface area contributed by atoms with Crippen molar-refractivity contribution in [3.63, 3.8) is 0 Å². The van der Waals surface area contributed by atoms with Gasteiger partial charge < -0.3 is 15.2 Å². The number of rotatable bonds is 2. The van der Waals surface area contributed by atoms with Gasteiger partial charge in [0.1, 0.15) is 5.69 Å². The zero-order valence-corrected chi connectivity index (χ0v) is 9.18. The van der Waals surface area contributed by atoms with E-state index >= 15 is 0 Å². The van der Waals surface area contributed by atoms with Crippen LogP contribution in [0.5, 0.6) is 0 Å². The third kappa shape index (κ3) is 1.77. The molecule has 2 N–H and O–H groups in total. The van der Waals surface area contributed by atoms with E-state index in [0.29, 0.717) is 19.1 Å². The van der Waals surface area contributed by atoms with E-state index in [1.807, 2.05) is 22.9 Å². The zero-order valence-electron chi connectivity index (χ0n) is 9.18. The van der Waals surface area contributed by atoms with Crippen LogP contribution in [0.1, 0.15) is 30.4 Å². The summed E-state index contributed by atoms with van der Waals surface area (Å²) >= 11 is 0. The number of likely N-dealkylation sites (tertiary alicyclic amines) is 1. The smallest absolute Gasteiger partial charge is 0.270 e. The van der Waals surface area contributed by atoms with Crippen LogP contribution in [0.25, 0.3) is 0 Å². The Labute approximate surface area is 89.7 Å². The monoisotopic (exact) mass is 207 g/mol. The molecule has 0 unspecified atom stereocenters. The van der Waals surface area contributed by atoms with Crippen molar-refractivity contribution in [3.8, 4) is 0 Å². The fourth-order valence-electron chi connectivity index (χ4n) is 1.87. The molecule has 1 fully saturated rings. The number of aromatic nitrogens is 1. The molecule has 0 bridgehead atoms. The molecular formula is C11H17N3O. The summed E-state index contributed by atoms with van der Waals surface area (Å²) in [5, 5.41) is 0. The number of carbonyl (C=O) groups excluding carboxylic acids is 1. The Bertz CT molecular complexity index is 364. The fourth-order valence-corrected chi connectivity index (χ4v) is 1.87. The molecule has 1 saturated heterocycles. The average Bonchev–Trinajstić information content (AvgIpc) is 2.60. The SMILES string of the molecule is CC(C)n1cccc1C(=O)N1CC(N)C1. The highest BCUT2D eigenvalue weighted by atomic mass is 16.2. The van der Waals surface area contributed by atoms with E-state index in [1.54, 1.807) is 4.90 Å². The van der Waals surface area contributed by atoms with Gasteiger partial charge in [-0.15, -0.1) is 0 Å². The van der Waals surface area contributed by atoms with Crippen LogP contribution in [0.15, 0.2) is 18.3 Å². The van der Waals surface area contributed by atoms with Gasteiger partial charge in [0.2, 0.25) is 0 Å². The summed E-state index contributed by atoms with van der Waals surface area (Å²) in [5.41, 5.74) is 6.42. The molecule has 0 spiro atoms. The summed E-state index contributed by atoms with van der Waals surface area (Å²) in [6, 6.07) is 4.25. The minimum atomic E-state index is 0.0930. The lowest BCUT2D eigenvalue weighted by Gasteiger charge is -2.37. The molecular weight excluding hydrogens is 190 g/mol. The predicted octanol–water partition coefficient (Wildman–Crippen LogP) is 0.852. The van der Waals surface area contributed by atoms with Gasteiger partial charge in [-0.05, 0) is 26.0 Å². The molecule has 1 aliphatic rings. The van der Waals surface area contributed by atoms with Crippen molar-refractivity contribution in [1.29, 1.82) is 0 Å². The van der Waals surface area contributed by atoms with Gasteiger partial charge in [-0.2, -0.15) is 0 Å². The van der Waals surface area contributed by atoms with E-state index in [2.05, 4.69) is 13.8 Å². The lowest BCUT2D eigenvalue weighted by atomic mass is 10.1. The maximum Gasteiger partial charge on any atom is 0.270 e. The third-order valence-electron chi connectivity index (χ3n) is 2.75. The Hall–Kier alpha value is -1.29. The third-order valence-corrected chi connectivity index (χ3v) is 2.75. The van der Waals surface area contributed by atoms with Gasteiger partial charge >= 0.3 is 0 Å². The van der Waals surface area contributed by atoms with Crippen LogP contribution >= 0.6 is 0 Å². The topological polar surface area (TPSA) is 51.3 Å². The molecule has 4 heteroatoms. The molecule has 0 radical (unpaired) electrons. The van der Waals surface area contributed by atoms with Crippen molar-refractivity contribution in [1.82, 2.24) is 9.47 Å². The quantitative estimate of drug-likeness (QED) is 0.781. The van der Waals surface area contributed by atoms with Crippen molar-refractivity contribution < 1.29 is 4.79 Å². The van der Waals surface area contributed by atoms with Gasteiger partial charge in [0.25, 0.3) is 5.91 Å². The van der Waals surface area contributed by atoms with Crippen LogP contribution in [-0.2, 0) is 0 Å². The largest absolute Gasteiger partial charge is 0.341 e. The minimum Gasteiger partial charge on any atom is -0.341 e. The molecule has 2 heterocycles. The Balaban J connectivity index is 2.15. The summed E-state index contributed by atoms with van der Waals surface area (Å²) in [4.78, 5) is 13.8. The van der Waals surface area contributed by atoms with Gasteiger partial charge in [0.15, 0.2) is 0 Å². The first-order valence-electron chi connectivity index (χ1n) is 5.31.